The molecule has 226 valence electrons. The Balaban J connectivity index is 1.12. The minimum Gasteiger partial charge on any atom is -0.378 e. The molecule has 0 spiro atoms. The van der Waals surface area contributed by atoms with E-state index in [-0.39, 0.29) is 11.9 Å². The molecule has 13 nitrogen and oxygen atoms in total. The summed E-state index contributed by atoms with van der Waals surface area (Å²) in [5.41, 5.74) is 3.68. The molecule has 43 heavy (non-hydrogen) atoms. The highest BCUT2D eigenvalue weighted by atomic mass is 16.5. The Morgan fingerprint density at radius 1 is 0.837 bits per heavy atom. The molecular weight excluding hydrogens is 550 g/mol. The first kappa shape index (κ1) is 28.8. The number of hydrogen-bond donors (Lipinski definition) is 2. The molecule has 0 saturated carbocycles. The normalized spacial score (nSPS) is 16.9. The van der Waals surface area contributed by atoms with E-state index in [0.717, 1.165) is 43.9 Å². The SMILES string of the molecule is CN(C)CCN1Cc2cc(NC(=O)Nc3ccc(-c4nc(N5CCOCC5)nc(N5CCOCC5)n4)cc3)ccc2C1=O. The van der Waals surface area contributed by atoms with E-state index < -0.39 is 0 Å². The molecule has 2 saturated heterocycles. The van der Waals surface area contributed by atoms with E-state index in [2.05, 4.69) is 25.3 Å². The van der Waals surface area contributed by atoms with Crippen molar-refractivity contribution < 1.29 is 19.1 Å². The predicted octanol–water partition coefficient (Wildman–Crippen LogP) is 2.37. The number of amides is 3. The number of hydrogen-bond acceptors (Lipinski definition) is 10. The van der Waals surface area contributed by atoms with Gasteiger partial charge in [-0.1, -0.05) is 0 Å². The standard InChI is InChI=1S/C30H37N9O4/c1-36(2)9-10-39-20-22-19-24(7-8-25(22)27(39)40)32-30(41)31-23-5-3-21(4-6-23)26-33-28(37-11-15-42-16-12-37)35-29(34-26)38-13-17-43-18-14-38/h3-8,19H,9-18,20H2,1-2H3,(H2,31,32,41). The van der Waals surface area contributed by atoms with Crippen molar-refractivity contribution in [2.75, 3.05) is 100 Å². The lowest BCUT2D eigenvalue weighted by atomic mass is 10.1. The Kier molecular flexibility index (Phi) is 8.63. The van der Waals surface area contributed by atoms with Crippen molar-refractivity contribution in [3.8, 4) is 11.4 Å². The van der Waals surface area contributed by atoms with Crippen molar-refractivity contribution >= 4 is 35.2 Å². The van der Waals surface area contributed by atoms with Crippen molar-refractivity contribution in [1.82, 2.24) is 24.8 Å². The third-order valence-corrected chi connectivity index (χ3v) is 7.66. The Hall–Kier alpha value is -4.33. The summed E-state index contributed by atoms with van der Waals surface area (Å²) >= 11 is 0. The first-order chi connectivity index (χ1) is 20.9. The fraction of sp³-hybridized carbons (Fsp3) is 0.433. The maximum Gasteiger partial charge on any atom is 0.323 e. The lowest BCUT2D eigenvalue weighted by Crippen LogP contribution is -2.40. The predicted molar refractivity (Wildman–Crippen MR) is 164 cm³/mol. The minimum absolute atomic E-state index is 0.0280. The van der Waals surface area contributed by atoms with Crippen LogP contribution in [0, 0.1) is 0 Å². The zero-order chi connectivity index (χ0) is 29.8. The molecular formula is C30H37N9O4. The number of benzene rings is 2. The second-order valence-corrected chi connectivity index (χ2v) is 11.0. The summed E-state index contributed by atoms with van der Waals surface area (Å²) in [6.07, 6.45) is 0. The van der Waals surface area contributed by atoms with E-state index in [0.29, 0.717) is 74.2 Å². The van der Waals surface area contributed by atoms with Crippen LogP contribution in [-0.4, -0.2) is 116 Å². The van der Waals surface area contributed by atoms with Gasteiger partial charge in [-0.25, -0.2) is 4.79 Å². The summed E-state index contributed by atoms with van der Waals surface area (Å²) in [4.78, 5) is 48.0. The van der Waals surface area contributed by atoms with E-state index in [9.17, 15) is 9.59 Å². The lowest BCUT2D eigenvalue weighted by Gasteiger charge is -2.30. The van der Waals surface area contributed by atoms with Gasteiger partial charge in [-0.15, -0.1) is 0 Å². The molecule has 2 N–H and O–H groups in total. The molecule has 3 aromatic rings. The quantitative estimate of drug-likeness (QED) is 0.405. The fourth-order valence-corrected chi connectivity index (χ4v) is 5.25. The molecule has 1 aromatic heterocycles. The van der Waals surface area contributed by atoms with Crippen LogP contribution in [0.15, 0.2) is 42.5 Å². The number of carbonyl (C=O) groups excluding carboxylic acids is 2. The van der Waals surface area contributed by atoms with Crippen LogP contribution in [0.1, 0.15) is 15.9 Å². The summed E-state index contributed by atoms with van der Waals surface area (Å²) < 4.78 is 11.0. The van der Waals surface area contributed by atoms with Crippen molar-refractivity contribution in [2.24, 2.45) is 0 Å². The second kappa shape index (κ2) is 12.9. The van der Waals surface area contributed by atoms with Crippen LogP contribution in [0.4, 0.5) is 28.1 Å². The zero-order valence-corrected chi connectivity index (χ0v) is 24.6. The molecule has 3 aliphatic heterocycles. The number of aromatic nitrogens is 3. The first-order valence-corrected chi connectivity index (χ1v) is 14.6. The topological polar surface area (TPSA) is 128 Å². The van der Waals surface area contributed by atoms with E-state index >= 15 is 0 Å². The van der Waals surface area contributed by atoms with E-state index in [1.54, 1.807) is 12.1 Å². The van der Waals surface area contributed by atoms with Crippen LogP contribution >= 0.6 is 0 Å². The Labute approximate surface area is 250 Å². The summed E-state index contributed by atoms with van der Waals surface area (Å²) in [5, 5.41) is 5.76. The Morgan fingerprint density at radius 3 is 2.02 bits per heavy atom. The average molecular weight is 588 g/mol. The fourth-order valence-electron chi connectivity index (χ4n) is 5.25. The lowest BCUT2D eigenvalue weighted by molar-refractivity contribution is 0.0768. The van der Waals surface area contributed by atoms with Crippen molar-refractivity contribution in [2.45, 2.75) is 6.54 Å². The smallest absolute Gasteiger partial charge is 0.323 e. The summed E-state index contributed by atoms with van der Waals surface area (Å²) in [5.74, 6) is 1.86. The van der Waals surface area contributed by atoms with E-state index in [4.69, 9.17) is 24.4 Å². The second-order valence-electron chi connectivity index (χ2n) is 11.0. The molecule has 6 rings (SSSR count). The van der Waals surface area contributed by atoms with Gasteiger partial charge in [0.2, 0.25) is 11.9 Å². The maximum absolute atomic E-state index is 12.8. The number of rotatable bonds is 8. The number of anilines is 4. The highest BCUT2D eigenvalue weighted by Crippen LogP contribution is 2.27. The number of ether oxygens (including phenoxy) is 2. The molecule has 0 radical (unpaired) electrons. The van der Waals surface area contributed by atoms with Gasteiger partial charge in [0.05, 0.1) is 26.4 Å². The number of nitrogens with zero attached hydrogens (tertiary/aromatic N) is 7. The summed E-state index contributed by atoms with van der Waals surface area (Å²) in [7, 11) is 3.97. The van der Waals surface area contributed by atoms with Gasteiger partial charge in [0.25, 0.3) is 5.91 Å². The molecule has 0 atom stereocenters. The molecule has 0 unspecified atom stereocenters. The van der Waals surface area contributed by atoms with Crippen LogP contribution in [-0.2, 0) is 16.0 Å². The van der Waals surface area contributed by atoms with Gasteiger partial charge >= 0.3 is 6.03 Å². The third kappa shape index (κ3) is 6.85. The number of morpholine rings is 2. The first-order valence-electron chi connectivity index (χ1n) is 14.6. The van der Waals surface area contributed by atoms with Gasteiger partial charge in [-0.05, 0) is 62.1 Å². The molecule has 13 heteroatoms. The molecule has 2 aromatic carbocycles. The Morgan fingerprint density at radius 2 is 1.42 bits per heavy atom. The molecule has 3 aliphatic rings. The minimum atomic E-state index is -0.370. The Bertz CT molecular complexity index is 1420. The molecule has 0 aliphatic carbocycles. The summed E-state index contributed by atoms with van der Waals surface area (Å²) in [6, 6.07) is 12.5. The van der Waals surface area contributed by atoms with Crippen molar-refractivity contribution in [3.05, 3.63) is 53.6 Å². The van der Waals surface area contributed by atoms with E-state index in [1.165, 1.54) is 0 Å². The van der Waals surface area contributed by atoms with Gasteiger partial charge < -0.3 is 39.7 Å². The van der Waals surface area contributed by atoms with Crippen LogP contribution in [0.25, 0.3) is 11.4 Å². The molecule has 3 amide bonds. The van der Waals surface area contributed by atoms with Crippen LogP contribution < -0.4 is 20.4 Å². The summed E-state index contributed by atoms with van der Waals surface area (Å²) in [6.45, 7) is 7.42. The largest absolute Gasteiger partial charge is 0.378 e. The number of likely N-dealkylation sites (N-methyl/N-ethyl adjacent to an activating group) is 1. The van der Waals surface area contributed by atoms with Crippen molar-refractivity contribution in [3.63, 3.8) is 0 Å². The number of carbonyl (C=O) groups is 2. The molecule has 0 bridgehead atoms. The number of nitrogens with one attached hydrogen (secondary N) is 2. The van der Waals surface area contributed by atoms with Crippen LogP contribution in [0.3, 0.4) is 0 Å². The van der Waals surface area contributed by atoms with Gasteiger partial charge in [-0.2, -0.15) is 15.0 Å². The average Bonchev–Trinajstić information content (AvgIpc) is 3.35. The van der Waals surface area contributed by atoms with Gasteiger partial charge in [0.15, 0.2) is 5.82 Å². The number of urea groups is 1. The van der Waals surface area contributed by atoms with Crippen molar-refractivity contribution in [1.29, 1.82) is 0 Å². The highest BCUT2D eigenvalue weighted by Gasteiger charge is 2.27. The monoisotopic (exact) mass is 587 g/mol. The van der Waals surface area contributed by atoms with Gasteiger partial charge in [-0.3, -0.25) is 4.79 Å². The third-order valence-electron chi connectivity index (χ3n) is 7.66. The van der Waals surface area contributed by atoms with Gasteiger partial charge in [0, 0.05) is 68.3 Å². The molecule has 2 fully saturated rings. The number of fused-ring (bicyclic) bond motifs is 1. The van der Waals surface area contributed by atoms with E-state index in [1.807, 2.05) is 49.3 Å². The van der Waals surface area contributed by atoms with Crippen LogP contribution in [0.5, 0.6) is 0 Å². The van der Waals surface area contributed by atoms with Gasteiger partial charge in [0.1, 0.15) is 0 Å². The highest BCUT2D eigenvalue weighted by molar-refractivity contribution is 6.02. The zero-order valence-electron chi connectivity index (χ0n) is 24.6. The van der Waals surface area contributed by atoms with Crippen LogP contribution in [0.2, 0.25) is 0 Å². The maximum atomic E-state index is 12.8. The molecule has 4 heterocycles.